The highest BCUT2D eigenvalue weighted by Gasteiger charge is 2.21. The van der Waals surface area contributed by atoms with Gasteiger partial charge in [0.05, 0.1) is 0 Å². The molecule has 0 aromatic heterocycles. The minimum Gasteiger partial charge on any atom is -0.306 e. The summed E-state index contributed by atoms with van der Waals surface area (Å²) in [5, 5.41) is 0. The summed E-state index contributed by atoms with van der Waals surface area (Å²) in [6.45, 7) is 15.4. The van der Waals surface area contributed by atoms with Gasteiger partial charge in [0, 0.05) is 32.0 Å². The van der Waals surface area contributed by atoms with Crippen LogP contribution in [0.5, 0.6) is 0 Å². The van der Waals surface area contributed by atoms with Gasteiger partial charge in [-0.05, 0) is 64.1 Å². The molecule has 2 nitrogen and oxygen atoms in total. The predicted octanol–water partition coefficient (Wildman–Crippen LogP) is 6.07. The van der Waals surface area contributed by atoms with Crippen LogP contribution in [0.25, 0.3) is 0 Å². The Morgan fingerprint density at radius 3 is 2.22 bits per heavy atom. The molecule has 1 saturated heterocycles. The Morgan fingerprint density at radius 2 is 1.67 bits per heavy atom. The molecule has 27 heavy (non-hydrogen) atoms. The zero-order valence-corrected chi connectivity index (χ0v) is 19.2. The maximum absolute atomic E-state index is 3.38. The van der Waals surface area contributed by atoms with Gasteiger partial charge < -0.3 is 9.80 Å². The van der Waals surface area contributed by atoms with Gasteiger partial charge in [-0.3, -0.25) is 0 Å². The molecular formula is C25H48N2. The summed E-state index contributed by atoms with van der Waals surface area (Å²) in [5.41, 5.74) is 0. The average Bonchev–Trinajstić information content (AvgIpc) is 2.68. The van der Waals surface area contributed by atoms with Gasteiger partial charge in [0.2, 0.25) is 0 Å². The fraction of sp³-hybridized carbons (Fsp3) is 0.920. The van der Waals surface area contributed by atoms with Crippen molar-refractivity contribution in [2.45, 2.75) is 91.9 Å². The molecule has 1 fully saturated rings. The van der Waals surface area contributed by atoms with Crippen LogP contribution < -0.4 is 0 Å². The predicted molar refractivity (Wildman–Crippen MR) is 121 cm³/mol. The summed E-state index contributed by atoms with van der Waals surface area (Å²) in [6.07, 6.45) is 13.3. The molecule has 0 amide bonds. The number of piperidine rings is 1. The minimum absolute atomic E-state index is 0.560. The first-order valence-electron chi connectivity index (χ1n) is 12.0. The van der Waals surface area contributed by atoms with Crippen molar-refractivity contribution in [2.24, 2.45) is 17.8 Å². The van der Waals surface area contributed by atoms with Gasteiger partial charge in [-0.2, -0.15) is 0 Å². The summed E-state index contributed by atoms with van der Waals surface area (Å²) in [5.74, 6) is 9.13. The van der Waals surface area contributed by atoms with Gasteiger partial charge in [-0.1, -0.05) is 53.4 Å². The van der Waals surface area contributed by atoms with Crippen LogP contribution in [0, 0.1) is 29.6 Å². The van der Waals surface area contributed by atoms with Crippen LogP contribution in [0.4, 0.5) is 0 Å². The zero-order valence-electron chi connectivity index (χ0n) is 19.2. The highest BCUT2D eigenvalue weighted by Crippen LogP contribution is 2.21. The fourth-order valence-electron chi connectivity index (χ4n) is 4.22. The molecule has 0 saturated carbocycles. The van der Waals surface area contributed by atoms with Crippen LogP contribution in [0.15, 0.2) is 0 Å². The molecule has 0 aromatic carbocycles. The standard InChI is InChI=1S/C25H48N2/c1-6-9-14-24(15-10-7-2)21-26(5)22-25-16-19-27(20-17-25)18-12-11-13-23(4)8-3/h23-25H,6-10,12,14-22H2,1-5H3. The molecule has 1 rings (SSSR count). The average molecular weight is 377 g/mol. The second-order valence-electron chi connectivity index (χ2n) is 9.04. The molecule has 0 N–H and O–H groups in total. The van der Waals surface area contributed by atoms with E-state index in [1.165, 1.54) is 90.5 Å². The van der Waals surface area contributed by atoms with Gasteiger partial charge >= 0.3 is 0 Å². The lowest BCUT2D eigenvalue weighted by molar-refractivity contribution is 0.146. The summed E-state index contributed by atoms with van der Waals surface area (Å²) < 4.78 is 0. The van der Waals surface area contributed by atoms with Gasteiger partial charge in [-0.15, -0.1) is 11.8 Å². The van der Waals surface area contributed by atoms with Crippen molar-refractivity contribution < 1.29 is 0 Å². The Labute approximate surface area is 171 Å². The molecular weight excluding hydrogens is 328 g/mol. The van der Waals surface area contributed by atoms with Crippen molar-refractivity contribution in [3.8, 4) is 11.8 Å². The van der Waals surface area contributed by atoms with Crippen molar-refractivity contribution in [1.82, 2.24) is 9.80 Å². The molecule has 0 aliphatic carbocycles. The molecule has 1 unspecified atom stereocenters. The van der Waals surface area contributed by atoms with E-state index in [1.807, 2.05) is 0 Å². The molecule has 0 aromatic rings. The Balaban J connectivity index is 2.24. The first kappa shape index (κ1) is 24.5. The SMILES string of the molecule is CCCCC(CCCC)CN(C)CC1CCN(CCC#CC(C)CC)CC1. The topological polar surface area (TPSA) is 6.48 Å². The van der Waals surface area contributed by atoms with E-state index in [0.717, 1.165) is 18.3 Å². The van der Waals surface area contributed by atoms with Crippen molar-refractivity contribution in [2.75, 3.05) is 39.8 Å². The van der Waals surface area contributed by atoms with Crippen LogP contribution in [-0.4, -0.2) is 49.6 Å². The molecule has 0 spiro atoms. The van der Waals surface area contributed by atoms with E-state index in [-0.39, 0.29) is 0 Å². The van der Waals surface area contributed by atoms with Gasteiger partial charge in [0.15, 0.2) is 0 Å². The fourth-order valence-corrected chi connectivity index (χ4v) is 4.22. The van der Waals surface area contributed by atoms with Crippen molar-refractivity contribution in [1.29, 1.82) is 0 Å². The van der Waals surface area contributed by atoms with Crippen LogP contribution in [0.3, 0.4) is 0 Å². The van der Waals surface area contributed by atoms with Crippen LogP contribution >= 0.6 is 0 Å². The molecule has 1 atom stereocenters. The lowest BCUT2D eigenvalue weighted by atomic mass is 9.93. The molecule has 1 heterocycles. The Hall–Kier alpha value is -0.520. The summed E-state index contributed by atoms with van der Waals surface area (Å²) in [6, 6.07) is 0. The van der Waals surface area contributed by atoms with Crippen LogP contribution in [-0.2, 0) is 0 Å². The van der Waals surface area contributed by atoms with Gasteiger partial charge in [0.25, 0.3) is 0 Å². The second-order valence-corrected chi connectivity index (χ2v) is 9.04. The third kappa shape index (κ3) is 11.8. The summed E-state index contributed by atoms with van der Waals surface area (Å²) in [4.78, 5) is 5.28. The molecule has 1 aliphatic rings. The van der Waals surface area contributed by atoms with Crippen molar-refractivity contribution in [3.05, 3.63) is 0 Å². The molecule has 0 bridgehead atoms. The van der Waals surface area contributed by atoms with E-state index in [0.29, 0.717) is 5.92 Å². The number of rotatable bonds is 13. The Bertz CT molecular complexity index is 392. The molecule has 1 aliphatic heterocycles. The maximum atomic E-state index is 3.38. The van der Waals surface area contributed by atoms with E-state index < -0.39 is 0 Å². The number of nitrogens with zero attached hydrogens (tertiary/aromatic N) is 2. The lowest BCUT2D eigenvalue weighted by Crippen LogP contribution is -2.39. The van der Waals surface area contributed by atoms with Gasteiger partial charge in [0.1, 0.15) is 0 Å². The first-order chi connectivity index (χ1) is 13.1. The van der Waals surface area contributed by atoms with E-state index in [1.54, 1.807) is 0 Å². The first-order valence-corrected chi connectivity index (χ1v) is 12.0. The van der Waals surface area contributed by atoms with Crippen LogP contribution in [0.1, 0.15) is 91.9 Å². The highest BCUT2D eigenvalue weighted by molar-refractivity contribution is 5.02. The third-order valence-electron chi connectivity index (χ3n) is 6.29. The third-order valence-corrected chi connectivity index (χ3v) is 6.29. The number of likely N-dealkylation sites (tertiary alicyclic amines) is 1. The quantitative estimate of drug-likeness (QED) is 0.360. The van der Waals surface area contributed by atoms with Gasteiger partial charge in [-0.25, -0.2) is 0 Å². The largest absolute Gasteiger partial charge is 0.306 e. The molecule has 2 heteroatoms. The zero-order chi connectivity index (χ0) is 19.9. The highest BCUT2D eigenvalue weighted by atomic mass is 15.1. The number of hydrogen-bond acceptors (Lipinski definition) is 2. The van der Waals surface area contributed by atoms with E-state index in [2.05, 4.69) is 56.4 Å². The summed E-state index contributed by atoms with van der Waals surface area (Å²) >= 11 is 0. The van der Waals surface area contributed by atoms with Crippen molar-refractivity contribution >= 4 is 0 Å². The van der Waals surface area contributed by atoms with E-state index in [4.69, 9.17) is 0 Å². The second kappa shape index (κ2) is 15.4. The molecule has 158 valence electrons. The van der Waals surface area contributed by atoms with Crippen LogP contribution in [0.2, 0.25) is 0 Å². The molecule has 0 radical (unpaired) electrons. The normalized spacial score (nSPS) is 17.3. The van der Waals surface area contributed by atoms with Crippen molar-refractivity contribution in [3.63, 3.8) is 0 Å². The van der Waals surface area contributed by atoms with E-state index in [9.17, 15) is 0 Å². The maximum Gasteiger partial charge on any atom is 0.0217 e. The Morgan fingerprint density at radius 1 is 1.04 bits per heavy atom. The minimum atomic E-state index is 0.560. The number of hydrogen-bond donors (Lipinski definition) is 0. The lowest BCUT2D eigenvalue weighted by Gasteiger charge is -2.34. The summed E-state index contributed by atoms with van der Waals surface area (Å²) in [7, 11) is 2.36. The smallest absolute Gasteiger partial charge is 0.0217 e. The monoisotopic (exact) mass is 376 g/mol. The van der Waals surface area contributed by atoms with E-state index >= 15 is 0 Å². The Kier molecular flexibility index (Phi) is 14.0. The number of unbranched alkanes of at least 4 members (excludes halogenated alkanes) is 2.